The SMILES string of the molecule is N=C(c1ccc(Oc2ccccc2)cc1)c1c(N)ncnc1N[C@@H]1CCCN(C(=O)c2cnc(N)nc2)C1. The van der Waals surface area contributed by atoms with E-state index >= 15 is 0 Å². The van der Waals surface area contributed by atoms with Gasteiger partial charge in [-0.15, -0.1) is 0 Å². The second-order valence-electron chi connectivity index (χ2n) is 8.86. The molecular weight excluding hydrogens is 482 g/mol. The van der Waals surface area contributed by atoms with Crippen LogP contribution < -0.4 is 21.5 Å². The van der Waals surface area contributed by atoms with E-state index in [-0.39, 0.29) is 29.4 Å². The topological polar surface area (TPSA) is 169 Å². The Morgan fingerprint density at radius 2 is 1.66 bits per heavy atom. The molecule has 0 spiro atoms. The maximum absolute atomic E-state index is 13.0. The molecule has 1 aliphatic heterocycles. The first-order chi connectivity index (χ1) is 18.5. The zero-order valence-corrected chi connectivity index (χ0v) is 20.5. The Morgan fingerprint density at radius 3 is 2.39 bits per heavy atom. The van der Waals surface area contributed by atoms with Crippen molar-refractivity contribution in [2.75, 3.05) is 29.9 Å². The van der Waals surface area contributed by atoms with Gasteiger partial charge in [0.05, 0.1) is 16.8 Å². The Kier molecular flexibility index (Phi) is 7.07. The Bertz CT molecular complexity index is 1430. The summed E-state index contributed by atoms with van der Waals surface area (Å²) in [6, 6.07) is 16.6. The number of amides is 1. The van der Waals surface area contributed by atoms with Gasteiger partial charge in [-0.25, -0.2) is 19.9 Å². The number of rotatable bonds is 7. The molecule has 5 rings (SSSR count). The summed E-state index contributed by atoms with van der Waals surface area (Å²) in [4.78, 5) is 31.0. The van der Waals surface area contributed by atoms with Crippen LogP contribution in [0.5, 0.6) is 11.5 Å². The Hall–Kier alpha value is -5.06. The van der Waals surface area contributed by atoms with Crippen LogP contribution in [-0.4, -0.2) is 55.6 Å². The predicted molar refractivity (Wildman–Crippen MR) is 144 cm³/mol. The van der Waals surface area contributed by atoms with Gasteiger partial charge in [-0.05, 0) is 49.2 Å². The molecule has 0 saturated carbocycles. The largest absolute Gasteiger partial charge is 0.457 e. The first kappa shape index (κ1) is 24.6. The standard InChI is InChI=1S/C27H27N9O2/c28-23(17-8-10-21(11-9-17)38-20-6-2-1-3-7-20)22-24(29)33-16-34-25(22)35-19-5-4-12-36(15-19)26(37)18-13-31-27(30)32-14-18/h1-3,6-11,13-14,16,19,28H,4-5,12,15H2,(H2,30,31,32)(H3,29,33,34,35)/t19-/m1/s1. The van der Waals surface area contributed by atoms with Crippen molar-refractivity contribution < 1.29 is 9.53 Å². The number of carbonyl (C=O) groups is 1. The number of hydrogen-bond acceptors (Lipinski definition) is 10. The first-order valence-electron chi connectivity index (χ1n) is 12.1. The lowest BCUT2D eigenvalue weighted by Crippen LogP contribution is -2.45. The van der Waals surface area contributed by atoms with E-state index in [1.807, 2.05) is 30.3 Å². The number of likely N-dealkylation sites (tertiary alicyclic amines) is 1. The highest BCUT2D eigenvalue weighted by Crippen LogP contribution is 2.26. The molecule has 1 atom stereocenters. The van der Waals surface area contributed by atoms with Crippen molar-refractivity contribution in [1.29, 1.82) is 5.41 Å². The molecule has 192 valence electrons. The van der Waals surface area contributed by atoms with Crippen LogP contribution in [0, 0.1) is 5.41 Å². The Labute approximate surface area is 219 Å². The van der Waals surface area contributed by atoms with Gasteiger partial charge >= 0.3 is 0 Å². The zero-order valence-electron chi connectivity index (χ0n) is 20.5. The van der Waals surface area contributed by atoms with Crippen LogP contribution >= 0.6 is 0 Å². The van der Waals surface area contributed by atoms with Gasteiger partial charge < -0.3 is 26.4 Å². The van der Waals surface area contributed by atoms with Gasteiger partial charge in [0.25, 0.3) is 5.91 Å². The highest BCUT2D eigenvalue weighted by molar-refractivity contribution is 6.16. The number of anilines is 3. The summed E-state index contributed by atoms with van der Waals surface area (Å²) in [7, 11) is 0. The van der Waals surface area contributed by atoms with Crippen LogP contribution in [0.3, 0.4) is 0 Å². The maximum atomic E-state index is 13.0. The van der Waals surface area contributed by atoms with Gasteiger partial charge in [-0.2, -0.15) is 0 Å². The number of ether oxygens (including phenoxy) is 1. The van der Waals surface area contributed by atoms with Crippen LogP contribution in [0.1, 0.15) is 34.3 Å². The normalized spacial score (nSPS) is 15.1. The average Bonchev–Trinajstić information content (AvgIpc) is 2.94. The van der Waals surface area contributed by atoms with Crippen LogP contribution in [0.4, 0.5) is 17.6 Å². The monoisotopic (exact) mass is 509 g/mol. The van der Waals surface area contributed by atoms with E-state index in [2.05, 4.69) is 25.3 Å². The van der Waals surface area contributed by atoms with Crippen molar-refractivity contribution in [3.63, 3.8) is 0 Å². The van der Waals surface area contributed by atoms with Crippen LogP contribution in [0.2, 0.25) is 0 Å². The molecule has 38 heavy (non-hydrogen) atoms. The quantitative estimate of drug-likeness (QED) is 0.273. The van der Waals surface area contributed by atoms with E-state index in [4.69, 9.17) is 21.6 Å². The molecule has 11 heteroatoms. The molecule has 0 bridgehead atoms. The average molecular weight is 510 g/mol. The van der Waals surface area contributed by atoms with Crippen molar-refractivity contribution in [1.82, 2.24) is 24.8 Å². The number of piperidine rings is 1. The minimum absolute atomic E-state index is 0.0927. The molecule has 4 aromatic rings. The Balaban J connectivity index is 1.31. The fourth-order valence-electron chi connectivity index (χ4n) is 4.32. The number of nitrogens with one attached hydrogen (secondary N) is 2. The number of hydrogen-bond donors (Lipinski definition) is 4. The minimum Gasteiger partial charge on any atom is -0.457 e. The van der Waals surface area contributed by atoms with Crippen molar-refractivity contribution in [3.05, 3.63) is 90.0 Å². The highest BCUT2D eigenvalue weighted by Gasteiger charge is 2.27. The van der Waals surface area contributed by atoms with Crippen LogP contribution in [-0.2, 0) is 0 Å². The van der Waals surface area contributed by atoms with Crippen molar-refractivity contribution in [2.24, 2.45) is 0 Å². The second kappa shape index (κ2) is 10.9. The number of nitrogen functional groups attached to an aromatic ring is 2. The Morgan fingerprint density at radius 1 is 0.947 bits per heavy atom. The van der Waals surface area contributed by atoms with Gasteiger partial charge in [0, 0.05) is 37.1 Å². The van der Waals surface area contributed by atoms with Gasteiger partial charge in [-0.1, -0.05) is 18.2 Å². The lowest BCUT2D eigenvalue weighted by atomic mass is 10.0. The number of para-hydroxylation sites is 1. The number of carbonyl (C=O) groups excluding carboxylic acids is 1. The summed E-state index contributed by atoms with van der Waals surface area (Å²) in [6.07, 6.45) is 5.85. The first-order valence-corrected chi connectivity index (χ1v) is 12.1. The third kappa shape index (κ3) is 5.51. The summed E-state index contributed by atoms with van der Waals surface area (Å²) in [5.41, 5.74) is 13.4. The molecule has 0 unspecified atom stereocenters. The molecule has 2 aromatic heterocycles. The van der Waals surface area contributed by atoms with E-state index in [1.54, 1.807) is 29.2 Å². The van der Waals surface area contributed by atoms with Gasteiger partial charge in [-0.3, -0.25) is 10.2 Å². The summed E-state index contributed by atoms with van der Waals surface area (Å²) < 4.78 is 5.86. The molecule has 3 heterocycles. The molecule has 1 amide bonds. The van der Waals surface area contributed by atoms with Gasteiger partial charge in [0.1, 0.15) is 29.5 Å². The lowest BCUT2D eigenvalue weighted by Gasteiger charge is -2.33. The zero-order chi connectivity index (χ0) is 26.5. The fraction of sp³-hybridized carbons (Fsp3) is 0.185. The van der Waals surface area contributed by atoms with E-state index < -0.39 is 0 Å². The summed E-state index contributed by atoms with van der Waals surface area (Å²) in [5, 5.41) is 12.3. The number of nitrogens with two attached hydrogens (primary N) is 2. The summed E-state index contributed by atoms with van der Waals surface area (Å²) >= 11 is 0. The molecule has 11 nitrogen and oxygen atoms in total. The van der Waals surface area contributed by atoms with E-state index in [0.717, 1.165) is 18.6 Å². The highest BCUT2D eigenvalue weighted by atomic mass is 16.5. The minimum atomic E-state index is -0.163. The van der Waals surface area contributed by atoms with Crippen LogP contribution in [0.15, 0.2) is 73.3 Å². The fourth-order valence-corrected chi connectivity index (χ4v) is 4.32. The molecule has 1 aliphatic rings. The molecule has 1 saturated heterocycles. The van der Waals surface area contributed by atoms with E-state index in [0.29, 0.717) is 41.3 Å². The number of benzene rings is 2. The molecule has 0 radical (unpaired) electrons. The molecule has 2 aromatic carbocycles. The third-order valence-corrected chi connectivity index (χ3v) is 6.22. The predicted octanol–water partition coefficient (Wildman–Crippen LogP) is 3.36. The third-order valence-electron chi connectivity index (χ3n) is 6.22. The van der Waals surface area contributed by atoms with Gasteiger partial charge in [0.2, 0.25) is 5.95 Å². The second-order valence-corrected chi connectivity index (χ2v) is 8.86. The number of aromatic nitrogens is 4. The van der Waals surface area contributed by atoms with E-state index in [1.165, 1.54) is 18.7 Å². The maximum Gasteiger partial charge on any atom is 0.257 e. The van der Waals surface area contributed by atoms with Gasteiger partial charge in [0.15, 0.2) is 0 Å². The van der Waals surface area contributed by atoms with Crippen molar-refractivity contribution in [2.45, 2.75) is 18.9 Å². The van der Waals surface area contributed by atoms with Crippen LogP contribution in [0.25, 0.3) is 0 Å². The lowest BCUT2D eigenvalue weighted by molar-refractivity contribution is 0.0714. The summed E-state index contributed by atoms with van der Waals surface area (Å²) in [5.74, 6) is 1.98. The smallest absolute Gasteiger partial charge is 0.257 e. The van der Waals surface area contributed by atoms with Crippen molar-refractivity contribution >= 4 is 29.2 Å². The molecular formula is C27H27N9O2. The van der Waals surface area contributed by atoms with E-state index in [9.17, 15) is 4.79 Å². The van der Waals surface area contributed by atoms with Crippen molar-refractivity contribution in [3.8, 4) is 11.5 Å². The molecule has 1 fully saturated rings. The summed E-state index contributed by atoms with van der Waals surface area (Å²) in [6.45, 7) is 1.07. The molecule has 6 N–H and O–H groups in total. The molecule has 0 aliphatic carbocycles. The number of nitrogens with zero attached hydrogens (tertiary/aromatic N) is 5.